The predicted octanol–water partition coefficient (Wildman–Crippen LogP) is 2.92. The minimum Gasteiger partial charge on any atom is -0.479 e. The second-order valence-corrected chi connectivity index (χ2v) is 6.24. The maximum absolute atomic E-state index is 12.2. The molecule has 1 atom stereocenters. The maximum Gasteiger partial charge on any atom is 0.347 e. The van der Waals surface area contributed by atoms with Gasteiger partial charge in [0.1, 0.15) is 17.1 Å². The SMILES string of the molecule is CCOC(=O)c1c(NC(=O)COC(=O)[C@H](C)Oc2ccccc2)oc(C)c1C(C)=O. The van der Waals surface area contributed by atoms with Crippen molar-refractivity contribution in [2.24, 2.45) is 0 Å². The first-order chi connectivity index (χ1) is 14.2. The highest BCUT2D eigenvalue weighted by atomic mass is 16.6. The molecule has 1 N–H and O–H groups in total. The number of ether oxygens (including phenoxy) is 3. The van der Waals surface area contributed by atoms with Crippen molar-refractivity contribution in [1.29, 1.82) is 0 Å². The number of aryl methyl sites for hydroxylation is 1. The zero-order chi connectivity index (χ0) is 22.3. The predicted molar refractivity (Wildman–Crippen MR) is 106 cm³/mol. The van der Waals surface area contributed by atoms with E-state index in [4.69, 9.17) is 18.6 Å². The van der Waals surface area contributed by atoms with E-state index < -0.39 is 36.3 Å². The van der Waals surface area contributed by atoms with Crippen molar-refractivity contribution in [2.75, 3.05) is 18.5 Å². The number of hydrogen-bond donors (Lipinski definition) is 1. The fourth-order valence-corrected chi connectivity index (χ4v) is 2.62. The van der Waals surface area contributed by atoms with E-state index >= 15 is 0 Å². The highest BCUT2D eigenvalue weighted by Crippen LogP contribution is 2.28. The monoisotopic (exact) mass is 417 g/mol. The first-order valence-corrected chi connectivity index (χ1v) is 9.24. The summed E-state index contributed by atoms with van der Waals surface area (Å²) in [6, 6.07) is 8.67. The molecule has 9 nitrogen and oxygen atoms in total. The standard InChI is InChI=1S/C21H23NO8/c1-5-27-21(26)18-17(12(2)23)13(3)30-19(18)22-16(24)11-28-20(25)14(4)29-15-9-7-6-8-10-15/h6-10,14H,5,11H2,1-4H3,(H,22,24)/t14-/m0/s1. The largest absolute Gasteiger partial charge is 0.479 e. The molecule has 0 spiro atoms. The molecular weight excluding hydrogens is 394 g/mol. The number of furan rings is 1. The summed E-state index contributed by atoms with van der Waals surface area (Å²) in [6.45, 7) is 5.28. The number of carbonyl (C=O) groups is 4. The molecule has 1 aromatic heterocycles. The molecule has 0 radical (unpaired) electrons. The molecule has 2 aromatic rings. The van der Waals surface area contributed by atoms with Crippen LogP contribution in [0.15, 0.2) is 34.7 Å². The number of ketones is 1. The van der Waals surface area contributed by atoms with Gasteiger partial charge in [-0.15, -0.1) is 0 Å². The summed E-state index contributed by atoms with van der Waals surface area (Å²) in [5.41, 5.74) is -0.159. The van der Waals surface area contributed by atoms with Gasteiger partial charge in [0.2, 0.25) is 5.88 Å². The van der Waals surface area contributed by atoms with Crippen LogP contribution in [-0.4, -0.2) is 42.9 Å². The van der Waals surface area contributed by atoms with Crippen LogP contribution in [0.3, 0.4) is 0 Å². The normalized spacial score (nSPS) is 11.3. The lowest BCUT2D eigenvalue weighted by atomic mass is 10.1. The molecule has 0 aliphatic rings. The molecule has 0 unspecified atom stereocenters. The quantitative estimate of drug-likeness (QED) is 0.488. The molecule has 1 amide bonds. The van der Waals surface area contributed by atoms with E-state index in [0.29, 0.717) is 5.75 Å². The molecule has 0 saturated heterocycles. The molecule has 1 aromatic carbocycles. The molecule has 30 heavy (non-hydrogen) atoms. The first kappa shape index (κ1) is 22.7. The molecule has 1 heterocycles. The summed E-state index contributed by atoms with van der Waals surface area (Å²) < 4.78 is 20.7. The number of Topliss-reactive ketones (excluding diaryl/α,β-unsaturated/α-hetero) is 1. The Balaban J connectivity index is 2.02. The summed E-state index contributed by atoms with van der Waals surface area (Å²) in [4.78, 5) is 48.3. The van der Waals surface area contributed by atoms with Gasteiger partial charge in [-0.05, 0) is 39.8 Å². The van der Waals surface area contributed by atoms with Crippen LogP contribution in [0.25, 0.3) is 0 Å². The maximum atomic E-state index is 12.2. The number of esters is 2. The fourth-order valence-electron chi connectivity index (χ4n) is 2.62. The van der Waals surface area contributed by atoms with Gasteiger partial charge in [-0.1, -0.05) is 18.2 Å². The van der Waals surface area contributed by atoms with Crippen LogP contribution < -0.4 is 10.1 Å². The van der Waals surface area contributed by atoms with E-state index in [0.717, 1.165) is 0 Å². The number of nitrogens with one attached hydrogen (secondary N) is 1. The second kappa shape index (κ2) is 10.2. The van der Waals surface area contributed by atoms with Crippen LogP contribution in [0.4, 0.5) is 5.88 Å². The van der Waals surface area contributed by atoms with Gasteiger partial charge in [-0.25, -0.2) is 9.59 Å². The number of anilines is 1. The van der Waals surface area contributed by atoms with Crippen LogP contribution in [0.5, 0.6) is 5.75 Å². The molecule has 0 aliphatic heterocycles. The van der Waals surface area contributed by atoms with E-state index in [9.17, 15) is 19.2 Å². The van der Waals surface area contributed by atoms with Crippen LogP contribution in [-0.2, 0) is 19.1 Å². The summed E-state index contributed by atoms with van der Waals surface area (Å²) >= 11 is 0. The average Bonchev–Trinajstić information content (AvgIpc) is 3.02. The molecule has 0 bridgehead atoms. The summed E-state index contributed by atoms with van der Waals surface area (Å²) in [5, 5.41) is 2.33. The van der Waals surface area contributed by atoms with Crippen molar-refractivity contribution in [2.45, 2.75) is 33.8 Å². The van der Waals surface area contributed by atoms with Gasteiger partial charge in [0, 0.05) is 0 Å². The third-order valence-corrected chi connectivity index (χ3v) is 3.90. The molecule has 0 aliphatic carbocycles. The highest BCUT2D eigenvalue weighted by Gasteiger charge is 2.29. The Morgan fingerprint density at radius 2 is 1.73 bits per heavy atom. The van der Waals surface area contributed by atoms with Crippen molar-refractivity contribution < 1.29 is 37.8 Å². The fraction of sp³-hybridized carbons (Fsp3) is 0.333. The van der Waals surface area contributed by atoms with Crippen molar-refractivity contribution in [1.82, 2.24) is 0 Å². The van der Waals surface area contributed by atoms with Gasteiger partial charge < -0.3 is 18.6 Å². The van der Waals surface area contributed by atoms with Crippen molar-refractivity contribution in [3.05, 3.63) is 47.2 Å². The average molecular weight is 417 g/mol. The lowest BCUT2D eigenvalue weighted by Gasteiger charge is -2.13. The molecule has 160 valence electrons. The smallest absolute Gasteiger partial charge is 0.347 e. The number of benzene rings is 1. The summed E-state index contributed by atoms with van der Waals surface area (Å²) in [6.07, 6.45) is -0.939. The summed E-state index contributed by atoms with van der Waals surface area (Å²) in [5.74, 6) is -2.35. The molecule has 9 heteroatoms. The molecule has 2 rings (SSSR count). The third kappa shape index (κ3) is 5.69. The number of hydrogen-bond acceptors (Lipinski definition) is 8. The minimum absolute atomic E-state index is 0.0191. The van der Waals surface area contributed by atoms with Gasteiger partial charge in [-0.3, -0.25) is 14.9 Å². The van der Waals surface area contributed by atoms with Gasteiger partial charge in [0.05, 0.1) is 12.2 Å². The van der Waals surface area contributed by atoms with Gasteiger partial charge in [-0.2, -0.15) is 0 Å². The van der Waals surface area contributed by atoms with Gasteiger partial charge in [0.25, 0.3) is 5.91 Å². The van der Waals surface area contributed by atoms with Gasteiger partial charge in [0.15, 0.2) is 18.5 Å². The van der Waals surface area contributed by atoms with Crippen LogP contribution >= 0.6 is 0 Å². The van der Waals surface area contributed by atoms with E-state index in [2.05, 4.69) is 5.32 Å². The lowest BCUT2D eigenvalue weighted by molar-refractivity contribution is -0.153. The Labute approximate surface area is 173 Å². The number of para-hydroxylation sites is 1. The van der Waals surface area contributed by atoms with Crippen LogP contribution in [0.1, 0.15) is 47.2 Å². The molecule has 0 fully saturated rings. The Morgan fingerprint density at radius 1 is 1.07 bits per heavy atom. The Bertz CT molecular complexity index is 932. The van der Waals surface area contributed by atoms with E-state index in [1.54, 1.807) is 37.3 Å². The zero-order valence-corrected chi connectivity index (χ0v) is 17.1. The second-order valence-electron chi connectivity index (χ2n) is 6.24. The van der Waals surface area contributed by atoms with Crippen molar-refractivity contribution in [3.8, 4) is 5.75 Å². The molecule has 0 saturated carbocycles. The Hall–Kier alpha value is -3.62. The van der Waals surface area contributed by atoms with Crippen molar-refractivity contribution in [3.63, 3.8) is 0 Å². The van der Waals surface area contributed by atoms with Crippen LogP contribution in [0, 0.1) is 6.92 Å². The molecular formula is C21H23NO8. The first-order valence-electron chi connectivity index (χ1n) is 9.24. The Morgan fingerprint density at radius 3 is 2.33 bits per heavy atom. The van der Waals surface area contributed by atoms with E-state index in [1.165, 1.54) is 20.8 Å². The summed E-state index contributed by atoms with van der Waals surface area (Å²) in [7, 11) is 0. The highest BCUT2D eigenvalue weighted by molar-refractivity contribution is 6.10. The third-order valence-electron chi connectivity index (χ3n) is 3.90. The Kier molecular flexibility index (Phi) is 7.74. The van der Waals surface area contributed by atoms with Crippen LogP contribution in [0.2, 0.25) is 0 Å². The van der Waals surface area contributed by atoms with E-state index in [-0.39, 0.29) is 29.4 Å². The topological polar surface area (TPSA) is 121 Å². The van der Waals surface area contributed by atoms with Crippen molar-refractivity contribution >= 4 is 29.5 Å². The number of amides is 1. The van der Waals surface area contributed by atoms with E-state index in [1.807, 2.05) is 0 Å². The number of rotatable bonds is 9. The zero-order valence-electron chi connectivity index (χ0n) is 17.1. The lowest BCUT2D eigenvalue weighted by Crippen LogP contribution is -2.30. The van der Waals surface area contributed by atoms with Gasteiger partial charge >= 0.3 is 11.9 Å². The number of carbonyl (C=O) groups excluding carboxylic acids is 4. The minimum atomic E-state index is -0.939.